The second-order valence-corrected chi connectivity index (χ2v) is 6.01. The number of carbonyl (C=O) groups is 3. The summed E-state index contributed by atoms with van der Waals surface area (Å²) in [6.45, 7) is 4.72. The first-order chi connectivity index (χ1) is 11.2. The van der Waals surface area contributed by atoms with Crippen molar-refractivity contribution < 1.29 is 23.9 Å². The SMILES string of the molecule is CC(=O)NCc1ccc(NC=C2C(=O)OC(C)(C)OC2=O)c(Cl)c1. The molecule has 1 fully saturated rings. The minimum absolute atomic E-state index is 0.143. The van der Waals surface area contributed by atoms with E-state index in [-0.39, 0.29) is 11.5 Å². The smallest absolute Gasteiger partial charge is 0.350 e. The number of nitrogens with one attached hydrogen (secondary N) is 2. The Morgan fingerprint density at radius 1 is 1.25 bits per heavy atom. The van der Waals surface area contributed by atoms with Gasteiger partial charge in [0, 0.05) is 33.5 Å². The van der Waals surface area contributed by atoms with Crippen molar-refractivity contribution in [2.24, 2.45) is 0 Å². The van der Waals surface area contributed by atoms with Crippen molar-refractivity contribution in [3.63, 3.8) is 0 Å². The molecule has 128 valence electrons. The van der Waals surface area contributed by atoms with Crippen molar-refractivity contribution in [3.8, 4) is 0 Å². The van der Waals surface area contributed by atoms with Crippen LogP contribution in [-0.4, -0.2) is 23.6 Å². The van der Waals surface area contributed by atoms with Crippen LogP contribution in [0.5, 0.6) is 0 Å². The molecule has 1 heterocycles. The molecule has 0 aliphatic carbocycles. The summed E-state index contributed by atoms with van der Waals surface area (Å²) in [5.41, 5.74) is 1.04. The van der Waals surface area contributed by atoms with Crippen LogP contribution in [0.4, 0.5) is 5.69 Å². The van der Waals surface area contributed by atoms with Gasteiger partial charge < -0.3 is 20.1 Å². The number of hydrogen-bond donors (Lipinski definition) is 2. The van der Waals surface area contributed by atoms with Gasteiger partial charge in [-0.05, 0) is 17.7 Å². The number of esters is 2. The highest BCUT2D eigenvalue weighted by molar-refractivity contribution is 6.33. The van der Waals surface area contributed by atoms with Gasteiger partial charge in [-0.25, -0.2) is 9.59 Å². The molecule has 2 N–H and O–H groups in total. The zero-order valence-corrected chi connectivity index (χ0v) is 14.2. The molecule has 0 radical (unpaired) electrons. The van der Waals surface area contributed by atoms with E-state index in [9.17, 15) is 14.4 Å². The maximum absolute atomic E-state index is 11.8. The lowest BCUT2D eigenvalue weighted by molar-refractivity contribution is -0.222. The van der Waals surface area contributed by atoms with Gasteiger partial charge in [0.1, 0.15) is 0 Å². The van der Waals surface area contributed by atoms with Crippen LogP contribution in [-0.2, 0) is 30.4 Å². The fourth-order valence-electron chi connectivity index (χ4n) is 1.94. The summed E-state index contributed by atoms with van der Waals surface area (Å²) < 4.78 is 9.97. The topological polar surface area (TPSA) is 93.7 Å². The van der Waals surface area contributed by atoms with E-state index in [4.69, 9.17) is 21.1 Å². The molecule has 0 bridgehead atoms. The maximum atomic E-state index is 11.8. The van der Waals surface area contributed by atoms with Crippen LogP contribution in [0.3, 0.4) is 0 Å². The quantitative estimate of drug-likeness (QED) is 0.489. The van der Waals surface area contributed by atoms with Gasteiger partial charge >= 0.3 is 11.9 Å². The van der Waals surface area contributed by atoms with Crippen LogP contribution in [0, 0.1) is 0 Å². The Morgan fingerprint density at radius 2 is 1.88 bits per heavy atom. The predicted octanol–water partition coefficient (Wildman–Crippen LogP) is 2.11. The Hall–Kier alpha value is -2.54. The van der Waals surface area contributed by atoms with Gasteiger partial charge in [-0.3, -0.25) is 4.79 Å². The number of cyclic esters (lactones) is 2. The molecule has 0 atom stereocenters. The van der Waals surface area contributed by atoms with Crippen LogP contribution in [0.25, 0.3) is 0 Å². The lowest BCUT2D eigenvalue weighted by Crippen LogP contribution is -2.42. The summed E-state index contributed by atoms with van der Waals surface area (Å²) in [4.78, 5) is 34.6. The number of amides is 1. The van der Waals surface area contributed by atoms with Gasteiger partial charge in [-0.2, -0.15) is 0 Å². The standard InChI is InChI=1S/C16H17ClN2O5/c1-9(20)18-7-10-4-5-13(12(17)6-10)19-8-11-14(21)23-16(2,3)24-15(11)22/h4-6,8,19H,7H2,1-3H3,(H,18,20). The van der Waals surface area contributed by atoms with E-state index in [1.165, 1.54) is 27.0 Å². The number of anilines is 1. The molecular formula is C16H17ClN2O5. The second kappa shape index (κ2) is 6.92. The van der Waals surface area contributed by atoms with Crippen molar-refractivity contribution in [1.82, 2.24) is 5.32 Å². The van der Waals surface area contributed by atoms with Crippen LogP contribution >= 0.6 is 11.6 Å². The average molecular weight is 353 g/mol. The van der Waals surface area contributed by atoms with Gasteiger partial charge in [0.15, 0.2) is 5.57 Å². The van der Waals surface area contributed by atoms with Crippen molar-refractivity contribution in [1.29, 1.82) is 0 Å². The van der Waals surface area contributed by atoms with Gasteiger partial charge in [0.2, 0.25) is 5.91 Å². The van der Waals surface area contributed by atoms with Gasteiger partial charge in [-0.15, -0.1) is 0 Å². The van der Waals surface area contributed by atoms with Crippen LogP contribution < -0.4 is 10.6 Å². The van der Waals surface area contributed by atoms with E-state index in [0.29, 0.717) is 17.3 Å². The Bertz CT molecular complexity index is 705. The third-order valence-electron chi connectivity index (χ3n) is 3.06. The number of benzene rings is 1. The first-order valence-electron chi connectivity index (χ1n) is 7.14. The molecule has 0 aromatic heterocycles. The summed E-state index contributed by atoms with van der Waals surface area (Å²) in [5, 5.41) is 5.81. The van der Waals surface area contributed by atoms with E-state index in [1.54, 1.807) is 18.2 Å². The van der Waals surface area contributed by atoms with Crippen molar-refractivity contribution in [2.75, 3.05) is 5.32 Å². The van der Waals surface area contributed by atoms with Gasteiger partial charge in [0.05, 0.1) is 10.7 Å². The molecule has 0 spiro atoms. The normalized spacial score (nSPS) is 16.1. The molecule has 0 saturated carbocycles. The Morgan fingerprint density at radius 3 is 2.42 bits per heavy atom. The van der Waals surface area contributed by atoms with Crippen molar-refractivity contribution in [2.45, 2.75) is 33.1 Å². The fourth-order valence-corrected chi connectivity index (χ4v) is 2.20. The molecule has 2 rings (SSSR count). The summed E-state index contributed by atoms with van der Waals surface area (Å²) in [7, 11) is 0. The van der Waals surface area contributed by atoms with E-state index < -0.39 is 17.7 Å². The minimum Gasteiger partial charge on any atom is -0.419 e. The molecule has 7 nitrogen and oxygen atoms in total. The minimum atomic E-state index is -1.28. The highest BCUT2D eigenvalue weighted by atomic mass is 35.5. The zero-order valence-electron chi connectivity index (χ0n) is 13.4. The summed E-state index contributed by atoms with van der Waals surface area (Å²) >= 11 is 6.14. The molecule has 1 aliphatic rings. The van der Waals surface area contributed by atoms with Crippen LogP contribution in [0.15, 0.2) is 30.0 Å². The molecule has 24 heavy (non-hydrogen) atoms. The number of ether oxygens (including phenoxy) is 2. The number of halogens is 1. The summed E-state index contributed by atoms with van der Waals surface area (Å²) in [6.07, 6.45) is 1.19. The molecule has 1 saturated heterocycles. The Kier molecular flexibility index (Phi) is 5.14. The largest absolute Gasteiger partial charge is 0.419 e. The van der Waals surface area contributed by atoms with Gasteiger partial charge in [-0.1, -0.05) is 17.7 Å². The Balaban J connectivity index is 2.10. The van der Waals surface area contributed by atoms with Crippen molar-refractivity contribution >= 4 is 35.1 Å². The monoisotopic (exact) mass is 352 g/mol. The first-order valence-corrected chi connectivity index (χ1v) is 7.52. The molecule has 1 aromatic carbocycles. The highest BCUT2D eigenvalue weighted by Crippen LogP contribution is 2.25. The number of hydrogen-bond acceptors (Lipinski definition) is 6. The van der Waals surface area contributed by atoms with E-state index in [0.717, 1.165) is 5.56 Å². The maximum Gasteiger partial charge on any atom is 0.350 e. The second-order valence-electron chi connectivity index (χ2n) is 5.61. The number of rotatable bonds is 4. The molecule has 1 amide bonds. The van der Waals surface area contributed by atoms with Crippen molar-refractivity contribution in [3.05, 3.63) is 40.6 Å². The number of carbonyl (C=O) groups excluding carboxylic acids is 3. The van der Waals surface area contributed by atoms with Gasteiger partial charge in [0.25, 0.3) is 5.79 Å². The highest BCUT2D eigenvalue weighted by Gasteiger charge is 2.38. The first kappa shape index (κ1) is 17.8. The predicted molar refractivity (Wildman–Crippen MR) is 86.9 cm³/mol. The molecule has 8 heteroatoms. The fraction of sp³-hybridized carbons (Fsp3) is 0.312. The lowest BCUT2D eigenvalue weighted by atomic mass is 10.2. The molecular weight excluding hydrogens is 336 g/mol. The average Bonchev–Trinajstić information content (AvgIpc) is 2.44. The Labute approximate surface area is 144 Å². The van der Waals surface area contributed by atoms with E-state index >= 15 is 0 Å². The zero-order chi connectivity index (χ0) is 17.9. The molecule has 1 aromatic rings. The molecule has 0 unspecified atom stereocenters. The molecule has 1 aliphatic heterocycles. The third kappa shape index (κ3) is 4.48. The third-order valence-corrected chi connectivity index (χ3v) is 3.38. The summed E-state index contributed by atoms with van der Waals surface area (Å²) in [6, 6.07) is 5.09. The van der Waals surface area contributed by atoms with E-state index in [2.05, 4.69) is 10.6 Å². The van der Waals surface area contributed by atoms with E-state index in [1.807, 2.05) is 0 Å². The van der Waals surface area contributed by atoms with Crippen LogP contribution in [0.1, 0.15) is 26.3 Å². The summed E-state index contributed by atoms with van der Waals surface area (Å²) in [5.74, 6) is -2.98. The van der Waals surface area contributed by atoms with Crippen LogP contribution in [0.2, 0.25) is 5.02 Å². The lowest BCUT2D eigenvalue weighted by Gasteiger charge is -2.29.